The largest absolute Gasteiger partial charge is 0.462 e. The van der Waals surface area contributed by atoms with E-state index in [1.165, 1.54) is 44.9 Å². The molecule has 0 aliphatic rings. The highest BCUT2D eigenvalue weighted by Gasteiger charge is 2.03. The Kier molecular flexibility index (Phi) is 14.6. The third-order valence-corrected chi connectivity index (χ3v) is 3.38. The number of unbranched alkanes of at least 4 members (excludes halogenated alkanes) is 8. The topological polar surface area (TPSA) is 52.6 Å². The SMILES string of the molecule is CCCCCCCCCCCC(=O)OCCOC(=O)CC. The van der Waals surface area contributed by atoms with Crippen molar-refractivity contribution in [2.75, 3.05) is 13.2 Å². The maximum Gasteiger partial charge on any atom is 0.305 e. The van der Waals surface area contributed by atoms with E-state index in [4.69, 9.17) is 9.47 Å². The van der Waals surface area contributed by atoms with Crippen LogP contribution in [0.1, 0.15) is 84.5 Å². The Hall–Kier alpha value is -1.06. The Labute approximate surface area is 129 Å². The van der Waals surface area contributed by atoms with Crippen molar-refractivity contribution in [2.24, 2.45) is 0 Å². The predicted octanol–water partition coefficient (Wildman–Crippen LogP) is 4.40. The summed E-state index contributed by atoms with van der Waals surface area (Å²) < 4.78 is 9.82. The molecule has 0 saturated heterocycles. The van der Waals surface area contributed by atoms with Crippen molar-refractivity contribution in [1.29, 1.82) is 0 Å². The summed E-state index contributed by atoms with van der Waals surface area (Å²) in [4.78, 5) is 22.3. The summed E-state index contributed by atoms with van der Waals surface area (Å²) in [7, 11) is 0. The van der Waals surface area contributed by atoms with Gasteiger partial charge in [-0.2, -0.15) is 0 Å². The summed E-state index contributed by atoms with van der Waals surface area (Å²) in [6, 6.07) is 0. The summed E-state index contributed by atoms with van der Waals surface area (Å²) in [6.07, 6.45) is 11.9. The minimum atomic E-state index is -0.259. The van der Waals surface area contributed by atoms with E-state index in [1.807, 2.05) is 0 Å². The minimum Gasteiger partial charge on any atom is -0.462 e. The number of rotatable bonds is 14. The van der Waals surface area contributed by atoms with Gasteiger partial charge < -0.3 is 9.47 Å². The zero-order chi connectivity index (χ0) is 15.8. The smallest absolute Gasteiger partial charge is 0.305 e. The lowest BCUT2D eigenvalue weighted by molar-refractivity contribution is -0.152. The number of hydrogen-bond acceptors (Lipinski definition) is 4. The van der Waals surface area contributed by atoms with E-state index in [0.717, 1.165) is 12.8 Å². The number of carbonyl (C=O) groups excluding carboxylic acids is 2. The average molecular weight is 300 g/mol. The second kappa shape index (κ2) is 15.3. The van der Waals surface area contributed by atoms with Crippen LogP contribution in [0.5, 0.6) is 0 Å². The van der Waals surface area contributed by atoms with E-state index >= 15 is 0 Å². The van der Waals surface area contributed by atoms with E-state index in [0.29, 0.717) is 12.8 Å². The first-order chi connectivity index (χ1) is 10.2. The van der Waals surface area contributed by atoms with Gasteiger partial charge in [-0.1, -0.05) is 65.2 Å². The highest BCUT2D eigenvalue weighted by Crippen LogP contribution is 2.10. The molecule has 0 saturated carbocycles. The van der Waals surface area contributed by atoms with Gasteiger partial charge in [0.1, 0.15) is 13.2 Å². The summed E-state index contributed by atoms with van der Waals surface area (Å²) in [6.45, 7) is 4.29. The van der Waals surface area contributed by atoms with Crippen LogP contribution in [0.2, 0.25) is 0 Å². The van der Waals surface area contributed by atoms with Crippen LogP contribution in [0.25, 0.3) is 0 Å². The second-order valence-electron chi connectivity index (χ2n) is 5.37. The molecule has 0 aliphatic carbocycles. The van der Waals surface area contributed by atoms with Gasteiger partial charge in [-0.25, -0.2) is 0 Å². The van der Waals surface area contributed by atoms with Crippen LogP contribution < -0.4 is 0 Å². The van der Waals surface area contributed by atoms with E-state index in [2.05, 4.69) is 6.92 Å². The monoisotopic (exact) mass is 300 g/mol. The highest BCUT2D eigenvalue weighted by atomic mass is 16.6. The Morgan fingerprint density at radius 2 is 1.14 bits per heavy atom. The van der Waals surface area contributed by atoms with Crippen molar-refractivity contribution in [1.82, 2.24) is 0 Å². The molecule has 0 aromatic carbocycles. The average Bonchev–Trinajstić information content (AvgIpc) is 2.49. The Morgan fingerprint density at radius 3 is 1.67 bits per heavy atom. The standard InChI is InChI=1S/C17H32O4/c1-3-5-6-7-8-9-10-11-12-13-17(19)21-15-14-20-16(18)4-2/h3-15H2,1-2H3. The fourth-order valence-corrected chi connectivity index (χ4v) is 2.07. The molecule has 21 heavy (non-hydrogen) atoms. The van der Waals surface area contributed by atoms with Gasteiger partial charge in [-0.3, -0.25) is 9.59 Å². The first kappa shape index (κ1) is 19.9. The Morgan fingerprint density at radius 1 is 0.667 bits per heavy atom. The molecule has 0 aliphatic heterocycles. The molecule has 0 spiro atoms. The lowest BCUT2D eigenvalue weighted by Gasteiger charge is -2.05. The molecule has 0 fully saturated rings. The number of hydrogen-bond donors (Lipinski definition) is 0. The number of ether oxygens (including phenoxy) is 2. The van der Waals surface area contributed by atoms with E-state index < -0.39 is 0 Å². The maximum atomic E-state index is 11.4. The minimum absolute atomic E-state index is 0.163. The third-order valence-electron chi connectivity index (χ3n) is 3.38. The van der Waals surface area contributed by atoms with Gasteiger partial charge in [0.05, 0.1) is 0 Å². The van der Waals surface area contributed by atoms with E-state index in [1.54, 1.807) is 6.92 Å². The molecular formula is C17H32O4. The molecular weight excluding hydrogens is 268 g/mol. The molecule has 4 nitrogen and oxygen atoms in total. The first-order valence-electron chi connectivity index (χ1n) is 8.52. The summed E-state index contributed by atoms with van der Waals surface area (Å²) >= 11 is 0. The zero-order valence-corrected chi connectivity index (χ0v) is 13.8. The van der Waals surface area contributed by atoms with Crippen LogP contribution >= 0.6 is 0 Å². The first-order valence-corrected chi connectivity index (χ1v) is 8.52. The van der Waals surface area contributed by atoms with Crippen molar-refractivity contribution < 1.29 is 19.1 Å². The summed E-state index contributed by atoms with van der Waals surface area (Å²) in [5.74, 6) is -0.449. The molecule has 0 aromatic heterocycles. The zero-order valence-electron chi connectivity index (χ0n) is 13.8. The van der Waals surface area contributed by atoms with Crippen molar-refractivity contribution in [3.8, 4) is 0 Å². The predicted molar refractivity (Wildman–Crippen MR) is 84.1 cm³/mol. The van der Waals surface area contributed by atoms with Gasteiger partial charge in [-0.15, -0.1) is 0 Å². The van der Waals surface area contributed by atoms with Crippen LogP contribution in [0.3, 0.4) is 0 Å². The molecule has 0 bridgehead atoms. The van der Waals surface area contributed by atoms with Crippen molar-refractivity contribution in [3.05, 3.63) is 0 Å². The molecule has 124 valence electrons. The molecule has 0 radical (unpaired) electrons. The molecule has 0 aromatic rings. The van der Waals surface area contributed by atoms with Gasteiger partial charge in [-0.05, 0) is 6.42 Å². The van der Waals surface area contributed by atoms with E-state index in [9.17, 15) is 9.59 Å². The van der Waals surface area contributed by atoms with Gasteiger partial charge in [0.2, 0.25) is 0 Å². The van der Waals surface area contributed by atoms with Gasteiger partial charge in [0.25, 0.3) is 0 Å². The van der Waals surface area contributed by atoms with Crippen molar-refractivity contribution in [2.45, 2.75) is 84.5 Å². The number of esters is 2. The van der Waals surface area contributed by atoms with Crippen LogP contribution in [0.15, 0.2) is 0 Å². The molecule has 0 atom stereocenters. The van der Waals surface area contributed by atoms with Gasteiger partial charge in [0.15, 0.2) is 0 Å². The molecule has 4 heteroatoms. The van der Waals surface area contributed by atoms with Crippen LogP contribution in [0, 0.1) is 0 Å². The Bertz CT molecular complexity index is 264. The lowest BCUT2D eigenvalue weighted by Crippen LogP contribution is -2.13. The summed E-state index contributed by atoms with van der Waals surface area (Å²) in [5.41, 5.74) is 0. The number of carbonyl (C=O) groups is 2. The second-order valence-corrected chi connectivity index (χ2v) is 5.37. The normalized spacial score (nSPS) is 10.4. The van der Waals surface area contributed by atoms with Crippen LogP contribution in [-0.4, -0.2) is 25.2 Å². The molecule has 0 heterocycles. The maximum absolute atomic E-state index is 11.4. The molecule has 0 unspecified atom stereocenters. The van der Waals surface area contributed by atoms with Gasteiger partial charge >= 0.3 is 11.9 Å². The van der Waals surface area contributed by atoms with Crippen LogP contribution in [-0.2, 0) is 19.1 Å². The van der Waals surface area contributed by atoms with Crippen molar-refractivity contribution in [3.63, 3.8) is 0 Å². The Balaban J connectivity index is 3.21. The highest BCUT2D eigenvalue weighted by molar-refractivity contribution is 5.69. The lowest BCUT2D eigenvalue weighted by atomic mass is 10.1. The van der Waals surface area contributed by atoms with Crippen molar-refractivity contribution >= 4 is 11.9 Å². The fourth-order valence-electron chi connectivity index (χ4n) is 2.07. The molecule has 0 N–H and O–H groups in total. The molecule has 0 rings (SSSR count). The third kappa shape index (κ3) is 15.2. The molecule has 0 amide bonds. The van der Waals surface area contributed by atoms with Crippen LogP contribution in [0.4, 0.5) is 0 Å². The van der Waals surface area contributed by atoms with Gasteiger partial charge in [0, 0.05) is 12.8 Å². The quantitative estimate of drug-likeness (QED) is 0.352. The van der Waals surface area contributed by atoms with E-state index in [-0.39, 0.29) is 25.2 Å². The summed E-state index contributed by atoms with van der Waals surface area (Å²) in [5, 5.41) is 0. The fraction of sp³-hybridized carbons (Fsp3) is 0.882.